The first-order chi connectivity index (χ1) is 10.7. The topological polar surface area (TPSA) is 54.5 Å². The maximum absolute atomic E-state index is 12.6. The lowest BCUT2D eigenvalue weighted by molar-refractivity contribution is -0.139. The summed E-state index contributed by atoms with van der Waals surface area (Å²) >= 11 is 12.0. The first kappa shape index (κ1) is 18.6. The Kier molecular flexibility index (Phi) is 5.64. The van der Waals surface area contributed by atoms with E-state index in [9.17, 15) is 13.2 Å². The van der Waals surface area contributed by atoms with Crippen molar-refractivity contribution < 1.29 is 13.2 Å². The molecule has 0 N–H and O–H groups in total. The van der Waals surface area contributed by atoms with Gasteiger partial charge in [0, 0.05) is 24.0 Å². The number of hydrogen-bond donors (Lipinski definition) is 0. The Hall–Kier alpha value is -0.780. The Morgan fingerprint density at radius 2 is 1.96 bits per heavy atom. The minimum absolute atomic E-state index is 0.0625. The molecular formula is C16H21Cl2NO3S. The van der Waals surface area contributed by atoms with Crippen molar-refractivity contribution in [2.24, 2.45) is 5.41 Å². The molecule has 0 aliphatic carbocycles. The third-order valence-corrected chi connectivity index (χ3v) is 7.31. The lowest BCUT2D eigenvalue weighted by atomic mass is 9.94. The van der Waals surface area contributed by atoms with Crippen LogP contribution in [0.2, 0.25) is 5.02 Å². The van der Waals surface area contributed by atoms with Crippen molar-refractivity contribution in [3.8, 4) is 0 Å². The minimum atomic E-state index is -3.37. The predicted octanol–water partition coefficient (Wildman–Crippen LogP) is 3.29. The van der Waals surface area contributed by atoms with E-state index in [0.717, 1.165) is 0 Å². The summed E-state index contributed by atoms with van der Waals surface area (Å²) in [5.41, 5.74) is -0.0877. The summed E-state index contributed by atoms with van der Waals surface area (Å²) in [6, 6.07) is 6.98. The number of nitrogens with zero attached hydrogens (tertiary/aromatic N) is 1. The molecule has 0 saturated carbocycles. The van der Waals surface area contributed by atoms with Gasteiger partial charge in [0.1, 0.15) is 0 Å². The van der Waals surface area contributed by atoms with Gasteiger partial charge < -0.3 is 4.90 Å². The van der Waals surface area contributed by atoms with Gasteiger partial charge in [-0.25, -0.2) is 8.42 Å². The molecule has 1 heterocycles. The highest BCUT2D eigenvalue weighted by atomic mass is 35.5. The SMILES string of the molecule is CC(C)(CCl)C(=O)N1CCC(c2ccccc2Cl)S(=O)(=O)CC1. The first-order valence-electron chi connectivity index (χ1n) is 7.50. The maximum atomic E-state index is 12.6. The fourth-order valence-corrected chi connectivity index (χ4v) is 4.98. The largest absolute Gasteiger partial charge is 0.341 e. The van der Waals surface area contributed by atoms with Gasteiger partial charge in [0.25, 0.3) is 0 Å². The number of rotatable bonds is 3. The van der Waals surface area contributed by atoms with E-state index in [2.05, 4.69) is 0 Å². The van der Waals surface area contributed by atoms with Crippen LogP contribution in [0.15, 0.2) is 24.3 Å². The van der Waals surface area contributed by atoms with Crippen molar-refractivity contribution in [3.05, 3.63) is 34.9 Å². The number of amides is 1. The van der Waals surface area contributed by atoms with Crippen molar-refractivity contribution >= 4 is 38.9 Å². The van der Waals surface area contributed by atoms with E-state index in [1.807, 2.05) is 0 Å². The Balaban J connectivity index is 2.27. The molecule has 1 aromatic carbocycles. The standard InChI is InChI=1S/C16H21Cl2NO3S/c1-16(2,11-17)15(20)19-8-7-14(23(21,22)10-9-19)12-5-3-4-6-13(12)18/h3-6,14H,7-11H2,1-2H3. The minimum Gasteiger partial charge on any atom is -0.341 e. The van der Waals surface area contributed by atoms with Crippen LogP contribution in [0.4, 0.5) is 0 Å². The van der Waals surface area contributed by atoms with Crippen molar-refractivity contribution in [2.45, 2.75) is 25.5 Å². The molecule has 1 atom stereocenters. The van der Waals surface area contributed by atoms with Crippen molar-refractivity contribution in [2.75, 3.05) is 24.7 Å². The molecule has 7 heteroatoms. The van der Waals surface area contributed by atoms with Crippen LogP contribution in [-0.2, 0) is 14.6 Å². The molecule has 0 radical (unpaired) electrons. The number of benzene rings is 1. The van der Waals surface area contributed by atoms with E-state index in [1.54, 1.807) is 43.0 Å². The van der Waals surface area contributed by atoms with Gasteiger partial charge >= 0.3 is 0 Å². The van der Waals surface area contributed by atoms with Gasteiger partial charge in [0.05, 0.1) is 16.4 Å². The van der Waals surface area contributed by atoms with Crippen LogP contribution >= 0.6 is 23.2 Å². The van der Waals surface area contributed by atoms with Crippen LogP contribution in [0.5, 0.6) is 0 Å². The Morgan fingerprint density at radius 3 is 2.57 bits per heavy atom. The molecule has 1 saturated heterocycles. The molecule has 0 bridgehead atoms. The molecule has 2 rings (SSSR count). The Morgan fingerprint density at radius 1 is 1.30 bits per heavy atom. The lowest BCUT2D eigenvalue weighted by Crippen LogP contribution is -2.43. The zero-order chi connectivity index (χ0) is 17.3. The Labute approximate surface area is 147 Å². The molecule has 4 nitrogen and oxygen atoms in total. The van der Waals surface area contributed by atoms with Crippen molar-refractivity contribution in [1.29, 1.82) is 0 Å². The summed E-state index contributed by atoms with van der Waals surface area (Å²) < 4.78 is 25.2. The van der Waals surface area contributed by atoms with E-state index >= 15 is 0 Å². The van der Waals surface area contributed by atoms with Gasteiger partial charge in [-0.1, -0.05) is 29.8 Å². The van der Waals surface area contributed by atoms with E-state index in [0.29, 0.717) is 23.6 Å². The molecule has 1 aliphatic heterocycles. The molecular weight excluding hydrogens is 357 g/mol. The maximum Gasteiger partial charge on any atom is 0.229 e. The average molecular weight is 378 g/mol. The fraction of sp³-hybridized carbons (Fsp3) is 0.562. The third kappa shape index (κ3) is 4.01. The quantitative estimate of drug-likeness (QED) is 0.759. The Bertz CT molecular complexity index is 688. The number of sulfone groups is 1. The predicted molar refractivity (Wildman–Crippen MR) is 93.7 cm³/mol. The summed E-state index contributed by atoms with van der Waals surface area (Å²) in [5, 5.41) is -0.227. The highest BCUT2D eigenvalue weighted by molar-refractivity contribution is 7.91. The lowest BCUT2D eigenvalue weighted by Gasteiger charge is -2.29. The fourth-order valence-electron chi connectivity index (χ4n) is 2.72. The zero-order valence-corrected chi connectivity index (χ0v) is 15.6. The average Bonchev–Trinajstić information content (AvgIpc) is 2.65. The smallest absolute Gasteiger partial charge is 0.229 e. The van der Waals surface area contributed by atoms with Gasteiger partial charge in [0.2, 0.25) is 5.91 Å². The highest BCUT2D eigenvalue weighted by Gasteiger charge is 2.37. The second-order valence-corrected chi connectivity index (χ2v) is 9.45. The van der Waals surface area contributed by atoms with Gasteiger partial charge in [-0.3, -0.25) is 4.79 Å². The monoisotopic (exact) mass is 377 g/mol. The van der Waals surface area contributed by atoms with Gasteiger partial charge in [-0.05, 0) is 31.9 Å². The highest BCUT2D eigenvalue weighted by Crippen LogP contribution is 2.34. The third-order valence-electron chi connectivity index (χ3n) is 4.19. The van der Waals surface area contributed by atoms with E-state index in [4.69, 9.17) is 23.2 Å². The molecule has 1 fully saturated rings. The number of alkyl halides is 1. The normalized spacial score (nSPS) is 21.7. The number of halogens is 2. The van der Waals surface area contributed by atoms with Gasteiger partial charge in [-0.15, -0.1) is 11.6 Å². The molecule has 23 heavy (non-hydrogen) atoms. The van der Waals surface area contributed by atoms with Crippen LogP contribution in [0, 0.1) is 5.41 Å². The second-order valence-electron chi connectivity index (χ2n) is 6.48. The number of hydrogen-bond acceptors (Lipinski definition) is 3. The molecule has 1 aromatic rings. The summed E-state index contributed by atoms with van der Waals surface area (Å²) in [7, 11) is -3.37. The second kappa shape index (κ2) is 6.99. The summed E-state index contributed by atoms with van der Waals surface area (Å²) in [6.07, 6.45) is 0.343. The van der Waals surface area contributed by atoms with Crippen molar-refractivity contribution in [3.63, 3.8) is 0 Å². The van der Waals surface area contributed by atoms with Crippen LogP contribution in [0.25, 0.3) is 0 Å². The van der Waals surface area contributed by atoms with Crippen LogP contribution < -0.4 is 0 Å². The van der Waals surface area contributed by atoms with E-state index in [-0.39, 0.29) is 24.1 Å². The molecule has 1 amide bonds. The molecule has 0 spiro atoms. The number of carbonyl (C=O) groups is 1. The summed E-state index contributed by atoms with van der Waals surface area (Å²) in [4.78, 5) is 14.2. The van der Waals surface area contributed by atoms with Crippen LogP contribution in [0.3, 0.4) is 0 Å². The van der Waals surface area contributed by atoms with Crippen LogP contribution in [0.1, 0.15) is 31.1 Å². The molecule has 1 unspecified atom stereocenters. The van der Waals surface area contributed by atoms with Crippen molar-refractivity contribution in [1.82, 2.24) is 4.90 Å². The van der Waals surface area contributed by atoms with Gasteiger partial charge in [-0.2, -0.15) is 0 Å². The summed E-state index contributed by atoms with van der Waals surface area (Å²) in [6.45, 7) is 4.12. The van der Waals surface area contributed by atoms with Crippen LogP contribution in [-0.4, -0.2) is 43.9 Å². The van der Waals surface area contributed by atoms with E-state index < -0.39 is 20.5 Å². The zero-order valence-electron chi connectivity index (χ0n) is 13.3. The molecule has 1 aliphatic rings. The molecule has 0 aromatic heterocycles. The summed E-state index contributed by atoms with van der Waals surface area (Å²) in [5.74, 6) is 0.0262. The first-order valence-corrected chi connectivity index (χ1v) is 10.1. The van der Waals surface area contributed by atoms with E-state index in [1.165, 1.54) is 0 Å². The molecule has 128 valence electrons. The van der Waals surface area contributed by atoms with Gasteiger partial charge in [0.15, 0.2) is 9.84 Å². The number of carbonyl (C=O) groups excluding carboxylic acids is 1.